The zero-order valence-corrected chi connectivity index (χ0v) is 10.5. The molecule has 0 unspecified atom stereocenters. The molecule has 3 nitrogen and oxygen atoms in total. The van der Waals surface area contributed by atoms with E-state index in [9.17, 15) is 9.59 Å². The molecule has 1 heterocycles. The fraction of sp³-hybridized carbons (Fsp3) is 0.143. The molecule has 0 spiro atoms. The molecule has 92 valence electrons. The van der Waals surface area contributed by atoms with Crippen molar-refractivity contribution in [2.24, 2.45) is 0 Å². The number of halogens is 1. The van der Waals surface area contributed by atoms with Gasteiger partial charge in [0, 0.05) is 23.1 Å². The van der Waals surface area contributed by atoms with Gasteiger partial charge in [-0.25, -0.2) is 4.79 Å². The summed E-state index contributed by atoms with van der Waals surface area (Å²) in [6, 6.07) is 9.78. The molecule has 2 aromatic rings. The largest absolute Gasteiger partial charge is 0.428 e. The van der Waals surface area contributed by atoms with Crippen LogP contribution in [0.4, 0.5) is 0 Å². The Balaban J connectivity index is 2.44. The number of benzene rings is 1. The van der Waals surface area contributed by atoms with Crippen LogP contribution in [0.25, 0.3) is 0 Å². The maximum Gasteiger partial charge on any atom is 0.336 e. The third kappa shape index (κ3) is 2.68. The van der Waals surface area contributed by atoms with Crippen LogP contribution < -0.4 is 5.63 Å². The van der Waals surface area contributed by atoms with Gasteiger partial charge in [-0.15, -0.1) is 11.6 Å². The summed E-state index contributed by atoms with van der Waals surface area (Å²) in [5.41, 5.74) is 1.18. The minimum atomic E-state index is -0.521. The molecule has 0 N–H and O–H groups in total. The van der Waals surface area contributed by atoms with E-state index >= 15 is 0 Å². The lowest BCUT2D eigenvalue weighted by molar-refractivity contribution is 0.103. The van der Waals surface area contributed by atoms with Crippen LogP contribution in [0.2, 0.25) is 0 Å². The Morgan fingerprint density at radius 2 is 2.00 bits per heavy atom. The van der Waals surface area contributed by atoms with E-state index < -0.39 is 5.63 Å². The van der Waals surface area contributed by atoms with Gasteiger partial charge in [-0.05, 0) is 24.6 Å². The fourth-order valence-electron chi connectivity index (χ4n) is 1.70. The zero-order chi connectivity index (χ0) is 13.1. The molecular weight excluding hydrogens is 252 g/mol. The van der Waals surface area contributed by atoms with E-state index in [1.165, 1.54) is 6.07 Å². The van der Waals surface area contributed by atoms with Gasteiger partial charge in [0.15, 0.2) is 5.78 Å². The van der Waals surface area contributed by atoms with E-state index in [0.717, 1.165) is 5.56 Å². The summed E-state index contributed by atoms with van der Waals surface area (Å²) in [5, 5.41) is 0. The van der Waals surface area contributed by atoms with Crippen LogP contribution in [0, 0.1) is 6.92 Å². The average Bonchev–Trinajstić information content (AvgIpc) is 2.37. The van der Waals surface area contributed by atoms with Crippen LogP contribution in [0.15, 0.2) is 45.6 Å². The second-order valence-electron chi connectivity index (χ2n) is 3.94. The van der Waals surface area contributed by atoms with Gasteiger partial charge < -0.3 is 4.42 Å². The van der Waals surface area contributed by atoms with Crippen LogP contribution in [0.5, 0.6) is 0 Å². The summed E-state index contributed by atoms with van der Waals surface area (Å²) in [4.78, 5) is 23.4. The maximum absolute atomic E-state index is 12.2. The van der Waals surface area contributed by atoms with Gasteiger partial charge in [-0.3, -0.25) is 4.79 Å². The third-order valence-electron chi connectivity index (χ3n) is 2.50. The molecule has 0 saturated heterocycles. The molecule has 0 saturated carbocycles. The molecule has 4 heteroatoms. The molecule has 0 aliphatic rings. The highest BCUT2D eigenvalue weighted by Crippen LogP contribution is 2.13. The number of ketones is 1. The molecule has 0 aliphatic carbocycles. The number of hydrogen-bond donors (Lipinski definition) is 0. The smallest absolute Gasteiger partial charge is 0.336 e. The third-order valence-corrected chi connectivity index (χ3v) is 2.81. The number of rotatable bonds is 3. The first-order valence-electron chi connectivity index (χ1n) is 5.41. The molecule has 1 aromatic carbocycles. The van der Waals surface area contributed by atoms with Gasteiger partial charge in [0.1, 0.15) is 5.76 Å². The van der Waals surface area contributed by atoms with Crippen LogP contribution >= 0.6 is 11.6 Å². The van der Waals surface area contributed by atoms with Crippen LogP contribution in [-0.4, -0.2) is 5.78 Å². The predicted molar refractivity (Wildman–Crippen MR) is 69.1 cm³/mol. The van der Waals surface area contributed by atoms with Crippen LogP contribution in [-0.2, 0) is 5.88 Å². The summed E-state index contributed by atoms with van der Waals surface area (Å²) in [6.07, 6.45) is 0. The minimum absolute atomic E-state index is 0.210. The maximum atomic E-state index is 12.2. The summed E-state index contributed by atoms with van der Waals surface area (Å²) < 4.78 is 4.82. The Morgan fingerprint density at radius 1 is 1.22 bits per heavy atom. The summed E-state index contributed by atoms with van der Waals surface area (Å²) in [6.45, 7) is 1.63. The van der Waals surface area contributed by atoms with Crippen molar-refractivity contribution in [2.75, 3.05) is 0 Å². The van der Waals surface area contributed by atoms with E-state index in [4.69, 9.17) is 16.0 Å². The Labute approximate surface area is 109 Å². The van der Waals surface area contributed by atoms with Crippen molar-refractivity contribution in [3.63, 3.8) is 0 Å². The fourth-order valence-corrected chi connectivity index (χ4v) is 1.86. The van der Waals surface area contributed by atoms with Gasteiger partial charge in [0.05, 0.1) is 0 Å². The van der Waals surface area contributed by atoms with E-state index in [1.807, 2.05) is 6.07 Å². The molecule has 18 heavy (non-hydrogen) atoms. The van der Waals surface area contributed by atoms with Crippen molar-refractivity contribution < 1.29 is 9.21 Å². The number of hydrogen-bond acceptors (Lipinski definition) is 3. The lowest BCUT2D eigenvalue weighted by atomic mass is 10.0. The Hall–Kier alpha value is -1.87. The lowest BCUT2D eigenvalue weighted by Gasteiger charge is -2.03. The van der Waals surface area contributed by atoms with E-state index in [0.29, 0.717) is 22.8 Å². The molecule has 2 rings (SSSR count). The van der Waals surface area contributed by atoms with Crippen molar-refractivity contribution in [3.8, 4) is 0 Å². The molecule has 1 aromatic heterocycles. The molecular formula is C14H11ClO3. The molecule has 0 amide bonds. The summed E-state index contributed by atoms with van der Waals surface area (Å²) >= 11 is 5.72. The molecule has 0 atom stereocenters. The van der Waals surface area contributed by atoms with Gasteiger partial charge in [-0.1, -0.05) is 18.2 Å². The van der Waals surface area contributed by atoms with Gasteiger partial charge in [0.25, 0.3) is 0 Å². The van der Waals surface area contributed by atoms with E-state index in [1.54, 1.807) is 31.2 Å². The second kappa shape index (κ2) is 5.19. The zero-order valence-electron chi connectivity index (χ0n) is 9.77. The van der Waals surface area contributed by atoms with E-state index in [-0.39, 0.29) is 5.78 Å². The van der Waals surface area contributed by atoms with Gasteiger partial charge >= 0.3 is 5.63 Å². The van der Waals surface area contributed by atoms with Crippen molar-refractivity contribution in [1.29, 1.82) is 0 Å². The number of carbonyl (C=O) groups is 1. The first-order chi connectivity index (χ1) is 8.60. The van der Waals surface area contributed by atoms with Crippen molar-refractivity contribution >= 4 is 17.4 Å². The Kier molecular flexibility index (Phi) is 3.63. The molecule has 0 bridgehead atoms. The predicted octanol–water partition coefficient (Wildman–Crippen LogP) is 2.92. The van der Waals surface area contributed by atoms with Crippen molar-refractivity contribution in [3.05, 3.63) is 69.3 Å². The highest BCUT2D eigenvalue weighted by Gasteiger charge is 2.11. The first-order valence-corrected chi connectivity index (χ1v) is 5.95. The topological polar surface area (TPSA) is 47.3 Å². The monoisotopic (exact) mass is 262 g/mol. The van der Waals surface area contributed by atoms with Crippen molar-refractivity contribution in [1.82, 2.24) is 0 Å². The molecule has 0 aliphatic heterocycles. The number of alkyl halides is 1. The summed E-state index contributed by atoms with van der Waals surface area (Å²) in [5.74, 6) is 0.550. The minimum Gasteiger partial charge on any atom is -0.428 e. The van der Waals surface area contributed by atoms with Crippen LogP contribution in [0.3, 0.4) is 0 Å². The van der Waals surface area contributed by atoms with Gasteiger partial charge in [0.2, 0.25) is 0 Å². The highest BCUT2D eigenvalue weighted by molar-refractivity contribution is 6.17. The molecule has 0 radical (unpaired) electrons. The Bertz CT molecular complexity index is 643. The number of aryl methyl sites for hydroxylation is 1. The van der Waals surface area contributed by atoms with Gasteiger partial charge in [-0.2, -0.15) is 0 Å². The molecule has 0 fully saturated rings. The van der Waals surface area contributed by atoms with E-state index in [2.05, 4.69) is 0 Å². The standard InChI is InChI=1S/C14H11ClO3/c1-9-5-12(7-13(16)18-9)14(17)11-4-2-3-10(6-11)8-15/h2-7H,8H2,1H3. The normalized spacial score (nSPS) is 10.3. The SMILES string of the molecule is Cc1cc(C(=O)c2cccc(CCl)c2)cc(=O)o1. The first kappa shape index (κ1) is 12.6. The quantitative estimate of drug-likeness (QED) is 0.631. The average molecular weight is 263 g/mol. The highest BCUT2D eigenvalue weighted by atomic mass is 35.5. The second-order valence-corrected chi connectivity index (χ2v) is 4.21. The summed E-state index contributed by atoms with van der Waals surface area (Å²) in [7, 11) is 0. The Morgan fingerprint density at radius 3 is 2.67 bits per heavy atom. The van der Waals surface area contributed by atoms with Crippen molar-refractivity contribution in [2.45, 2.75) is 12.8 Å². The lowest BCUT2D eigenvalue weighted by Crippen LogP contribution is -2.08. The number of carbonyl (C=O) groups excluding carboxylic acids is 1. The van der Waals surface area contributed by atoms with Crippen LogP contribution in [0.1, 0.15) is 27.2 Å².